The van der Waals surface area contributed by atoms with Gasteiger partial charge in [0.25, 0.3) is 0 Å². The first-order chi connectivity index (χ1) is 16.2. The van der Waals surface area contributed by atoms with Crippen molar-refractivity contribution >= 4 is 0 Å². The fourth-order valence-corrected chi connectivity index (χ4v) is 1.97. The molecule has 25 heavy (non-hydrogen) atoms. The average Bonchev–Trinajstić information content (AvgIpc) is 2.71. The second-order valence-corrected chi connectivity index (χ2v) is 5.09. The number of methoxy groups -OCH3 is 2. The number of benzene rings is 2. The molecule has 1 atom stereocenters. The predicted molar refractivity (Wildman–Crippen MR) is 99.8 cm³/mol. The van der Waals surface area contributed by atoms with Crippen molar-refractivity contribution in [1.82, 2.24) is 0 Å². The molecule has 0 fully saturated rings. The van der Waals surface area contributed by atoms with E-state index in [0.29, 0.717) is 0 Å². The molecule has 0 spiro atoms. The maximum absolute atomic E-state index is 10.5. The summed E-state index contributed by atoms with van der Waals surface area (Å²) >= 11 is 0. The molecule has 1 unspecified atom stereocenters. The molecule has 0 amide bonds. The Bertz CT molecular complexity index is 1050. The minimum Gasteiger partial charge on any atom is -0.493 e. The zero-order valence-corrected chi connectivity index (χ0v) is 14.0. The van der Waals surface area contributed by atoms with Gasteiger partial charge in [-0.05, 0) is 61.4 Å². The lowest BCUT2D eigenvalue weighted by Crippen LogP contribution is -2.17. The Morgan fingerprint density at radius 2 is 2.04 bits per heavy atom. The summed E-state index contributed by atoms with van der Waals surface area (Å²) in [5, 5.41) is 10.5. The fraction of sp³-hybridized carbons (Fsp3) is 0.429. The third-order valence-electron chi connectivity index (χ3n) is 3.17. The molecule has 0 aromatic heterocycles. The largest absolute Gasteiger partial charge is 0.493 e. The zero-order chi connectivity index (χ0) is 27.7. The second kappa shape index (κ2) is 9.94. The Hall–Kier alpha value is -2.20. The molecule has 4 heteroatoms. The molecule has 136 valence electrons. The van der Waals surface area contributed by atoms with Crippen LogP contribution >= 0.6 is 0 Å². The van der Waals surface area contributed by atoms with Crippen molar-refractivity contribution in [2.24, 2.45) is 0 Å². The second-order valence-electron chi connectivity index (χ2n) is 5.09. The van der Waals surface area contributed by atoms with Gasteiger partial charge in [-0.15, -0.1) is 0 Å². The van der Waals surface area contributed by atoms with Gasteiger partial charge in [0.2, 0.25) is 0 Å². The summed E-state index contributed by atoms with van der Waals surface area (Å²) in [6.07, 6.45) is -12.6. The first-order valence-electron chi connectivity index (χ1n) is 13.0. The van der Waals surface area contributed by atoms with E-state index in [9.17, 15) is 5.11 Å². The lowest BCUT2D eigenvalue weighted by atomic mass is 10.0. The highest BCUT2D eigenvalue weighted by molar-refractivity contribution is 5.42. The van der Waals surface area contributed by atoms with Gasteiger partial charge in [0.05, 0.1) is 27.1 Å². The van der Waals surface area contributed by atoms with E-state index in [4.69, 9.17) is 29.3 Å². The highest BCUT2D eigenvalue weighted by atomic mass is 16.5. The molecule has 1 N–H and O–H groups in total. The van der Waals surface area contributed by atoms with E-state index in [0.717, 1.165) is 23.8 Å². The summed E-state index contributed by atoms with van der Waals surface area (Å²) < 4.78 is 102. The number of aliphatic hydroxyl groups excluding tert-OH is 1. The minimum atomic E-state index is -2.98. The number of hydrogen-bond acceptors (Lipinski definition) is 4. The van der Waals surface area contributed by atoms with Crippen LogP contribution in [0.15, 0.2) is 42.5 Å². The van der Waals surface area contributed by atoms with Gasteiger partial charge in [-0.1, -0.05) is 24.6 Å². The topological polar surface area (TPSA) is 47.9 Å². The molecule has 0 heterocycles. The molecule has 0 radical (unpaired) electrons. The molecular weight excluding hydrogens is 316 g/mol. The standard InChI is InChI=1S/C21H28O4/c1-16-7-6-10-19(13-16)25-15-18(22)9-5-4-8-17-11-12-20(23-2)21(14-17)24-3/h6-7,10-14,18,22H,4-5,8-9,15H2,1-3H3/i2D3,4D2,8D2,9D2,15D2. The Kier molecular flexibility index (Phi) is 3.56. The Labute approximate surface area is 165 Å². The van der Waals surface area contributed by atoms with E-state index in [1.165, 1.54) is 19.2 Å². The molecule has 2 aromatic carbocycles. The van der Waals surface area contributed by atoms with Gasteiger partial charge in [0, 0.05) is 8.22 Å². The van der Waals surface area contributed by atoms with Crippen LogP contribution in [0.4, 0.5) is 0 Å². The van der Waals surface area contributed by atoms with E-state index in [-0.39, 0.29) is 22.8 Å². The SMILES string of the molecule is [2H]C([2H])([2H])Oc1ccc(C([2H])([2H])C([2H])([2H])CC([2H])([2H])C(O)C([2H])([2H])Oc2cccc(C)c2)cc1OC. The minimum absolute atomic E-state index is 0.0275. The predicted octanol–water partition coefficient (Wildman–Crippen LogP) is 4.16. The van der Waals surface area contributed by atoms with E-state index in [1.807, 2.05) is 0 Å². The Morgan fingerprint density at radius 1 is 1.16 bits per heavy atom. The van der Waals surface area contributed by atoms with Gasteiger partial charge in [-0.2, -0.15) is 0 Å². The van der Waals surface area contributed by atoms with E-state index >= 15 is 0 Å². The monoisotopic (exact) mass is 355 g/mol. The quantitative estimate of drug-likeness (QED) is 0.695. The number of rotatable bonds is 10. The van der Waals surface area contributed by atoms with Crippen LogP contribution in [0.25, 0.3) is 0 Å². The van der Waals surface area contributed by atoms with Crippen molar-refractivity contribution in [2.45, 2.75) is 38.6 Å². The molecule has 0 saturated heterocycles. The molecule has 2 aromatic rings. The lowest BCUT2D eigenvalue weighted by Gasteiger charge is -2.13. The van der Waals surface area contributed by atoms with Crippen LogP contribution < -0.4 is 14.2 Å². The number of aryl methyl sites for hydroxylation is 2. The van der Waals surface area contributed by atoms with Crippen molar-refractivity contribution in [3.8, 4) is 17.2 Å². The van der Waals surface area contributed by atoms with Crippen LogP contribution in [-0.2, 0) is 6.37 Å². The van der Waals surface area contributed by atoms with Crippen molar-refractivity contribution < 1.29 is 34.4 Å². The van der Waals surface area contributed by atoms with Crippen molar-refractivity contribution in [3.05, 3.63) is 53.6 Å². The van der Waals surface area contributed by atoms with Crippen molar-refractivity contribution in [2.75, 3.05) is 20.7 Å². The first kappa shape index (κ1) is 8.95. The van der Waals surface area contributed by atoms with E-state index in [1.54, 1.807) is 19.1 Å². The van der Waals surface area contributed by atoms with Gasteiger partial charge in [-0.3, -0.25) is 0 Å². The average molecular weight is 356 g/mol. The van der Waals surface area contributed by atoms with Crippen LogP contribution in [0.3, 0.4) is 0 Å². The van der Waals surface area contributed by atoms with Crippen LogP contribution in [0.5, 0.6) is 17.2 Å². The smallest absolute Gasteiger partial charge is 0.160 e. The van der Waals surface area contributed by atoms with Crippen LogP contribution in [0.2, 0.25) is 0 Å². The fourth-order valence-electron chi connectivity index (χ4n) is 1.97. The van der Waals surface area contributed by atoms with Crippen LogP contribution in [0.1, 0.15) is 45.4 Å². The lowest BCUT2D eigenvalue weighted by molar-refractivity contribution is 0.0976. The van der Waals surface area contributed by atoms with Gasteiger partial charge in [0.15, 0.2) is 11.5 Å². The molecule has 0 saturated carbocycles. The first-order valence-corrected chi connectivity index (χ1v) is 7.53. The molecule has 4 nitrogen and oxygen atoms in total. The van der Waals surface area contributed by atoms with Gasteiger partial charge >= 0.3 is 0 Å². The van der Waals surface area contributed by atoms with Gasteiger partial charge in [-0.25, -0.2) is 0 Å². The van der Waals surface area contributed by atoms with Crippen LogP contribution in [-0.4, -0.2) is 31.9 Å². The Morgan fingerprint density at radius 3 is 2.80 bits per heavy atom. The molecular formula is C21H28O4. The zero-order valence-electron chi connectivity index (χ0n) is 25.0. The molecule has 0 bridgehead atoms. The number of aliphatic hydroxyl groups is 1. The molecule has 0 aliphatic rings. The molecule has 2 rings (SSSR count). The number of hydrogen-bond donors (Lipinski definition) is 1. The summed E-state index contributed by atoms with van der Waals surface area (Å²) in [5.74, 6) is -0.390. The summed E-state index contributed by atoms with van der Waals surface area (Å²) in [6, 6.07) is 9.40. The maximum atomic E-state index is 10.5. The summed E-state index contributed by atoms with van der Waals surface area (Å²) in [5.41, 5.74) is 0.419. The molecule has 0 aliphatic carbocycles. The van der Waals surface area contributed by atoms with Gasteiger partial charge < -0.3 is 19.3 Å². The van der Waals surface area contributed by atoms with Crippen molar-refractivity contribution in [3.63, 3.8) is 0 Å². The summed E-state index contributed by atoms with van der Waals surface area (Å²) in [4.78, 5) is 0. The van der Waals surface area contributed by atoms with E-state index in [2.05, 4.69) is 0 Å². The van der Waals surface area contributed by atoms with Gasteiger partial charge in [0.1, 0.15) is 12.3 Å². The summed E-state index contributed by atoms with van der Waals surface area (Å²) in [7, 11) is -1.63. The van der Waals surface area contributed by atoms with Crippen LogP contribution in [0, 0.1) is 6.92 Å². The highest BCUT2D eigenvalue weighted by Crippen LogP contribution is 2.28. The third kappa shape index (κ3) is 6.31. The normalized spacial score (nSPS) is 21.2. The number of ether oxygens (including phenoxy) is 3. The Balaban J connectivity index is 2.31. The van der Waals surface area contributed by atoms with E-state index < -0.39 is 45.2 Å². The third-order valence-corrected chi connectivity index (χ3v) is 3.17. The summed E-state index contributed by atoms with van der Waals surface area (Å²) in [6.45, 7) is -1.25. The van der Waals surface area contributed by atoms with Crippen molar-refractivity contribution in [1.29, 1.82) is 0 Å². The maximum Gasteiger partial charge on any atom is 0.160 e. The highest BCUT2D eigenvalue weighted by Gasteiger charge is 2.07. The molecule has 0 aliphatic heterocycles.